The van der Waals surface area contributed by atoms with E-state index in [4.69, 9.17) is 4.74 Å². The molecule has 0 saturated carbocycles. The summed E-state index contributed by atoms with van der Waals surface area (Å²) in [5.74, 6) is -0.00194. The van der Waals surface area contributed by atoms with Gasteiger partial charge in [-0.2, -0.15) is 0 Å². The van der Waals surface area contributed by atoms with E-state index >= 15 is 0 Å². The molecule has 98 valence electrons. The van der Waals surface area contributed by atoms with E-state index < -0.39 is 4.92 Å². The van der Waals surface area contributed by atoms with Gasteiger partial charge in [-0.15, -0.1) is 0 Å². The van der Waals surface area contributed by atoms with E-state index in [2.05, 4.69) is 5.32 Å². The third-order valence-corrected chi connectivity index (χ3v) is 2.70. The lowest BCUT2D eigenvalue weighted by atomic mass is 10.1. The molecule has 0 aliphatic carbocycles. The lowest BCUT2D eigenvalue weighted by Gasteiger charge is -2.12. The average molecular weight is 260 g/mol. The monoisotopic (exact) mass is 260 g/mol. The van der Waals surface area contributed by atoms with Gasteiger partial charge in [0.25, 0.3) is 5.69 Å². The molecule has 0 bridgehead atoms. The van der Waals surface area contributed by atoms with Gasteiger partial charge in [0.1, 0.15) is 5.75 Å². The number of ether oxygens (including phenoxy) is 1. The number of carbonyl (C=O) groups is 1. The number of nitro benzene ring substituents is 1. The molecule has 0 spiro atoms. The zero-order valence-corrected chi connectivity index (χ0v) is 10.5. The van der Waals surface area contributed by atoms with Crippen molar-refractivity contribution in [3.05, 3.63) is 40.4 Å². The fraction of sp³-hybridized carbons (Fsp3) is 0.154. The molecule has 6 nitrogen and oxygen atoms in total. The van der Waals surface area contributed by atoms with Crippen LogP contribution in [0.25, 0.3) is 10.8 Å². The molecule has 19 heavy (non-hydrogen) atoms. The number of benzene rings is 2. The summed E-state index contributed by atoms with van der Waals surface area (Å²) in [7, 11) is 1.40. The maximum atomic E-state index is 11.2. The third kappa shape index (κ3) is 2.33. The van der Waals surface area contributed by atoms with Crippen molar-refractivity contribution < 1.29 is 14.5 Å². The number of methoxy groups -OCH3 is 1. The zero-order chi connectivity index (χ0) is 14.0. The molecule has 6 heteroatoms. The van der Waals surface area contributed by atoms with Crippen LogP contribution in [0, 0.1) is 10.1 Å². The Balaban J connectivity index is 2.83. The lowest BCUT2D eigenvalue weighted by molar-refractivity contribution is -0.383. The summed E-state index contributed by atoms with van der Waals surface area (Å²) in [6, 6.07) is 8.11. The molecule has 2 aromatic carbocycles. The van der Waals surface area contributed by atoms with Gasteiger partial charge >= 0.3 is 0 Å². The molecule has 0 aromatic heterocycles. The number of hydrogen-bond acceptors (Lipinski definition) is 4. The van der Waals surface area contributed by atoms with Gasteiger partial charge in [0.15, 0.2) is 0 Å². The first-order valence-electron chi connectivity index (χ1n) is 5.56. The fourth-order valence-corrected chi connectivity index (χ4v) is 1.95. The Morgan fingerprint density at radius 3 is 2.47 bits per heavy atom. The van der Waals surface area contributed by atoms with Crippen molar-refractivity contribution in [1.82, 2.24) is 0 Å². The number of non-ortho nitro benzene ring substituents is 1. The normalized spacial score (nSPS) is 10.2. The molecule has 0 fully saturated rings. The smallest absolute Gasteiger partial charge is 0.281 e. The Hall–Kier alpha value is -2.63. The zero-order valence-electron chi connectivity index (χ0n) is 10.5. The van der Waals surface area contributed by atoms with Gasteiger partial charge in [-0.3, -0.25) is 14.9 Å². The van der Waals surface area contributed by atoms with E-state index in [1.165, 1.54) is 20.1 Å². The third-order valence-electron chi connectivity index (χ3n) is 2.70. The van der Waals surface area contributed by atoms with Crippen molar-refractivity contribution in [3.63, 3.8) is 0 Å². The summed E-state index contributed by atoms with van der Waals surface area (Å²) in [5.41, 5.74) is 0.387. The van der Waals surface area contributed by atoms with Crippen LogP contribution >= 0.6 is 0 Å². The van der Waals surface area contributed by atoms with Gasteiger partial charge in [0, 0.05) is 12.3 Å². The molecule has 0 unspecified atom stereocenters. The number of nitro groups is 1. The predicted molar refractivity (Wildman–Crippen MR) is 71.5 cm³/mol. The number of hydrogen-bond donors (Lipinski definition) is 1. The van der Waals surface area contributed by atoms with E-state index in [1.807, 2.05) is 0 Å². The number of fused-ring (bicyclic) bond motifs is 1. The quantitative estimate of drug-likeness (QED) is 0.679. The van der Waals surface area contributed by atoms with Gasteiger partial charge in [-0.05, 0) is 6.07 Å². The van der Waals surface area contributed by atoms with Crippen molar-refractivity contribution in [2.75, 3.05) is 12.4 Å². The number of nitrogens with one attached hydrogen (secondary N) is 1. The molecule has 0 aliphatic rings. The van der Waals surface area contributed by atoms with Crippen LogP contribution in [0.2, 0.25) is 0 Å². The second kappa shape index (κ2) is 4.93. The highest BCUT2D eigenvalue weighted by atomic mass is 16.6. The molecule has 2 aromatic rings. The summed E-state index contributed by atoms with van der Waals surface area (Å²) >= 11 is 0. The molecule has 1 N–H and O–H groups in total. The minimum atomic E-state index is -0.470. The Bertz CT molecular complexity index is 667. The predicted octanol–water partition coefficient (Wildman–Crippen LogP) is 2.72. The highest BCUT2D eigenvalue weighted by Crippen LogP contribution is 2.39. The van der Waals surface area contributed by atoms with Gasteiger partial charge in [-0.25, -0.2) is 0 Å². The van der Waals surface area contributed by atoms with Crippen LogP contribution in [0.5, 0.6) is 5.75 Å². The summed E-state index contributed by atoms with van der Waals surface area (Å²) in [5, 5.41) is 14.8. The number of carbonyl (C=O) groups excluding carboxylic acids is 1. The molecule has 2 rings (SSSR count). The molecule has 0 heterocycles. The van der Waals surface area contributed by atoms with Crippen LogP contribution in [-0.4, -0.2) is 17.9 Å². The second-order valence-corrected chi connectivity index (χ2v) is 3.96. The van der Waals surface area contributed by atoms with Gasteiger partial charge < -0.3 is 10.1 Å². The number of amides is 1. The second-order valence-electron chi connectivity index (χ2n) is 3.96. The van der Waals surface area contributed by atoms with Crippen molar-refractivity contribution in [2.24, 2.45) is 0 Å². The Labute approximate surface area is 109 Å². The first-order valence-corrected chi connectivity index (χ1v) is 5.56. The van der Waals surface area contributed by atoms with Gasteiger partial charge in [-0.1, -0.05) is 18.2 Å². The van der Waals surface area contributed by atoms with Gasteiger partial charge in [0.05, 0.1) is 29.2 Å². The molecule has 1 amide bonds. The Morgan fingerprint density at radius 2 is 1.95 bits per heavy atom. The van der Waals surface area contributed by atoms with Crippen LogP contribution in [0.3, 0.4) is 0 Å². The Kier molecular flexibility index (Phi) is 3.33. The summed E-state index contributed by atoms with van der Waals surface area (Å²) in [6.07, 6.45) is 0. The maximum Gasteiger partial charge on any atom is 0.281 e. The van der Waals surface area contributed by atoms with E-state index in [0.717, 1.165) is 0 Å². The first-order chi connectivity index (χ1) is 9.04. The molecule has 0 atom stereocenters. The minimum Gasteiger partial charge on any atom is -0.494 e. The standard InChI is InChI=1S/C13H12N2O4/c1-8(16)14-13-10-6-4-3-5-9(10)11(15(17)18)7-12(13)19-2/h3-7H,1-2H3,(H,14,16). The van der Waals surface area contributed by atoms with Crippen molar-refractivity contribution in [3.8, 4) is 5.75 Å². The van der Waals surface area contributed by atoms with Crippen LogP contribution in [0.15, 0.2) is 30.3 Å². The van der Waals surface area contributed by atoms with E-state index in [0.29, 0.717) is 16.5 Å². The summed E-state index contributed by atoms with van der Waals surface area (Å²) in [4.78, 5) is 21.9. The van der Waals surface area contributed by atoms with Crippen LogP contribution in [-0.2, 0) is 4.79 Å². The van der Waals surface area contributed by atoms with E-state index in [-0.39, 0.29) is 17.3 Å². The van der Waals surface area contributed by atoms with Crippen molar-refractivity contribution in [1.29, 1.82) is 0 Å². The number of rotatable bonds is 3. The molecular formula is C13H12N2O4. The molecular weight excluding hydrogens is 248 g/mol. The maximum absolute atomic E-state index is 11.2. The van der Waals surface area contributed by atoms with Crippen LogP contribution in [0.4, 0.5) is 11.4 Å². The minimum absolute atomic E-state index is 0.0541. The van der Waals surface area contributed by atoms with Crippen LogP contribution in [0.1, 0.15) is 6.92 Å². The lowest BCUT2D eigenvalue weighted by Crippen LogP contribution is -2.08. The number of nitrogens with zero attached hydrogens (tertiary/aromatic N) is 1. The highest BCUT2D eigenvalue weighted by molar-refractivity contribution is 6.07. The van der Waals surface area contributed by atoms with Gasteiger partial charge in [0.2, 0.25) is 5.91 Å². The first kappa shape index (κ1) is 12.8. The average Bonchev–Trinajstić information content (AvgIpc) is 2.38. The molecule has 0 saturated heterocycles. The number of anilines is 1. The summed E-state index contributed by atoms with van der Waals surface area (Å²) < 4.78 is 5.13. The summed E-state index contributed by atoms with van der Waals surface area (Å²) in [6.45, 7) is 1.37. The van der Waals surface area contributed by atoms with Crippen molar-refractivity contribution >= 4 is 28.1 Å². The van der Waals surface area contributed by atoms with Crippen LogP contribution < -0.4 is 10.1 Å². The topological polar surface area (TPSA) is 81.5 Å². The van der Waals surface area contributed by atoms with Crippen molar-refractivity contribution in [2.45, 2.75) is 6.92 Å². The molecule has 0 aliphatic heterocycles. The highest BCUT2D eigenvalue weighted by Gasteiger charge is 2.19. The van der Waals surface area contributed by atoms with E-state index in [1.54, 1.807) is 24.3 Å². The largest absolute Gasteiger partial charge is 0.494 e. The SMILES string of the molecule is COc1cc([N+](=O)[O-])c2ccccc2c1NC(C)=O. The fourth-order valence-electron chi connectivity index (χ4n) is 1.95. The Morgan fingerprint density at radius 1 is 1.32 bits per heavy atom. The molecule has 0 radical (unpaired) electrons. The van der Waals surface area contributed by atoms with E-state index in [9.17, 15) is 14.9 Å².